The number of rotatable bonds is 10. The van der Waals surface area contributed by atoms with E-state index in [1.807, 2.05) is 0 Å². The SMILES string of the molecule is CC(C)OC(=O)[C@H](C)CP(=O)(OC[C@H]1O[C@@H](n2ccc(=O)[nH]c2=O)C2(CC2)[C@@H]1O)Oc1ccccc1. The lowest BCUT2D eigenvalue weighted by molar-refractivity contribution is -0.151. The van der Waals surface area contributed by atoms with E-state index in [-0.39, 0.29) is 18.9 Å². The number of hydrogen-bond donors (Lipinski definition) is 2. The molecule has 0 bridgehead atoms. The van der Waals surface area contributed by atoms with Crippen molar-refractivity contribution in [3.05, 3.63) is 63.4 Å². The highest BCUT2D eigenvalue weighted by atomic mass is 31.2. The maximum absolute atomic E-state index is 13.8. The Morgan fingerprint density at radius 2 is 1.92 bits per heavy atom. The average Bonchev–Trinajstić information content (AvgIpc) is 3.56. The summed E-state index contributed by atoms with van der Waals surface area (Å²) in [6.45, 7) is 4.72. The lowest BCUT2D eigenvalue weighted by Gasteiger charge is -2.24. The minimum Gasteiger partial charge on any atom is -0.463 e. The average molecular weight is 522 g/mol. The van der Waals surface area contributed by atoms with Gasteiger partial charge in [0.15, 0.2) is 0 Å². The molecule has 1 aliphatic heterocycles. The molecule has 0 radical (unpaired) electrons. The van der Waals surface area contributed by atoms with Gasteiger partial charge in [-0.05, 0) is 38.8 Å². The number of nitrogens with zero attached hydrogens (tertiary/aromatic N) is 1. The zero-order chi connectivity index (χ0) is 26.1. The number of aliphatic hydroxyl groups is 1. The maximum atomic E-state index is 13.8. The van der Waals surface area contributed by atoms with Crippen LogP contribution in [0.1, 0.15) is 39.8 Å². The van der Waals surface area contributed by atoms with Crippen molar-refractivity contribution >= 4 is 13.6 Å². The standard InChI is InChI=1S/C24H31N2O9P/c1-15(2)33-21(29)16(3)14-36(31,35-17-7-5-4-6-8-17)32-13-18-20(28)24(10-11-24)22(34-18)26-12-9-19(27)25-23(26)30/h4-9,12,15-16,18,20,22,28H,10-11,13-14H2,1-3H3,(H,25,27,30)/t16-,18-,20-,22-,36?/m1/s1. The number of para-hydroxylation sites is 1. The van der Waals surface area contributed by atoms with Crippen molar-refractivity contribution < 1.29 is 33.0 Å². The molecule has 2 heterocycles. The minimum absolute atomic E-state index is 0.246. The summed E-state index contributed by atoms with van der Waals surface area (Å²) in [4.78, 5) is 38.4. The van der Waals surface area contributed by atoms with Gasteiger partial charge in [0, 0.05) is 17.7 Å². The smallest absolute Gasteiger partial charge is 0.380 e. The number of benzene rings is 1. The second-order valence-corrected chi connectivity index (χ2v) is 11.6. The molecule has 2 aliphatic rings. The summed E-state index contributed by atoms with van der Waals surface area (Å²) in [6.07, 6.45) is -0.775. The zero-order valence-corrected chi connectivity index (χ0v) is 21.3. The lowest BCUT2D eigenvalue weighted by atomic mass is 9.96. The van der Waals surface area contributed by atoms with Crippen LogP contribution in [0.5, 0.6) is 5.75 Å². The van der Waals surface area contributed by atoms with Crippen LogP contribution in [-0.2, 0) is 23.4 Å². The number of ether oxygens (including phenoxy) is 2. The third-order valence-electron chi connectivity index (χ3n) is 6.34. The zero-order valence-electron chi connectivity index (χ0n) is 20.4. The first-order valence-electron chi connectivity index (χ1n) is 11.9. The molecule has 2 N–H and O–H groups in total. The largest absolute Gasteiger partial charge is 0.463 e. The highest BCUT2D eigenvalue weighted by Gasteiger charge is 2.64. The van der Waals surface area contributed by atoms with Crippen molar-refractivity contribution in [1.29, 1.82) is 0 Å². The van der Waals surface area contributed by atoms with Gasteiger partial charge in [-0.15, -0.1) is 0 Å². The molecule has 12 heteroatoms. The lowest BCUT2D eigenvalue weighted by Crippen LogP contribution is -2.35. The molecule has 1 saturated heterocycles. The van der Waals surface area contributed by atoms with E-state index in [1.165, 1.54) is 16.8 Å². The summed E-state index contributed by atoms with van der Waals surface area (Å²) in [5.74, 6) is -1.01. The van der Waals surface area contributed by atoms with E-state index in [9.17, 15) is 24.1 Å². The first-order valence-corrected chi connectivity index (χ1v) is 13.6. The third kappa shape index (κ3) is 5.64. The molecule has 5 atom stereocenters. The van der Waals surface area contributed by atoms with Gasteiger partial charge in [-0.25, -0.2) is 9.36 Å². The van der Waals surface area contributed by atoms with Crippen molar-refractivity contribution in [3.8, 4) is 5.75 Å². The van der Waals surface area contributed by atoms with E-state index in [2.05, 4.69) is 4.98 Å². The number of H-pyrrole nitrogens is 1. The maximum Gasteiger partial charge on any atom is 0.380 e. The number of esters is 1. The summed E-state index contributed by atoms with van der Waals surface area (Å²) >= 11 is 0. The van der Waals surface area contributed by atoms with Crippen molar-refractivity contribution in [2.45, 2.75) is 58.2 Å². The fourth-order valence-electron chi connectivity index (χ4n) is 4.37. The monoisotopic (exact) mass is 522 g/mol. The fourth-order valence-corrected chi connectivity index (χ4v) is 6.24. The van der Waals surface area contributed by atoms with Crippen molar-refractivity contribution in [1.82, 2.24) is 9.55 Å². The van der Waals surface area contributed by atoms with Crippen LogP contribution in [-0.4, -0.2) is 51.7 Å². The molecule has 2 aromatic rings. The molecule has 0 amide bonds. The number of carbonyl (C=O) groups excluding carboxylic acids is 1. The highest BCUT2D eigenvalue weighted by molar-refractivity contribution is 7.54. The Morgan fingerprint density at radius 3 is 2.53 bits per heavy atom. The van der Waals surface area contributed by atoms with E-state index in [0.29, 0.717) is 18.6 Å². The number of aromatic nitrogens is 2. The Morgan fingerprint density at radius 1 is 1.22 bits per heavy atom. The molecular weight excluding hydrogens is 491 g/mol. The molecule has 11 nitrogen and oxygen atoms in total. The fraction of sp³-hybridized carbons (Fsp3) is 0.542. The molecule has 196 valence electrons. The van der Waals surface area contributed by atoms with Crippen LogP contribution in [0.25, 0.3) is 0 Å². The number of aliphatic hydroxyl groups excluding tert-OH is 1. The van der Waals surface area contributed by atoms with Crippen molar-refractivity contribution in [2.24, 2.45) is 11.3 Å². The summed E-state index contributed by atoms with van der Waals surface area (Å²) in [5.41, 5.74) is -1.90. The van der Waals surface area contributed by atoms with Crippen LogP contribution in [0.2, 0.25) is 0 Å². The molecule has 1 aliphatic carbocycles. The van der Waals surface area contributed by atoms with Gasteiger partial charge in [0.05, 0.1) is 30.9 Å². The quantitative estimate of drug-likeness (QED) is 0.355. The van der Waals surface area contributed by atoms with Crippen LogP contribution >= 0.6 is 7.60 Å². The first kappa shape index (κ1) is 26.3. The second-order valence-electron chi connectivity index (χ2n) is 9.60. The topological polar surface area (TPSA) is 146 Å². The van der Waals surface area contributed by atoms with Crippen LogP contribution in [0, 0.1) is 11.3 Å². The van der Waals surface area contributed by atoms with Crippen molar-refractivity contribution in [2.75, 3.05) is 12.8 Å². The summed E-state index contributed by atoms with van der Waals surface area (Å²) in [5, 5.41) is 11.0. The molecule has 1 unspecified atom stereocenters. The number of hydrogen-bond acceptors (Lipinski definition) is 9. The molecule has 36 heavy (non-hydrogen) atoms. The van der Waals surface area contributed by atoms with Gasteiger partial charge in [-0.3, -0.25) is 23.7 Å². The summed E-state index contributed by atoms with van der Waals surface area (Å²) in [7, 11) is -3.91. The van der Waals surface area contributed by atoms with Gasteiger partial charge in [0.25, 0.3) is 5.56 Å². The molecule has 1 aromatic carbocycles. The summed E-state index contributed by atoms with van der Waals surface area (Å²) in [6, 6.07) is 9.64. The van der Waals surface area contributed by atoms with Crippen molar-refractivity contribution in [3.63, 3.8) is 0 Å². The Hall–Kier alpha value is -2.72. The van der Waals surface area contributed by atoms with Crippen LogP contribution < -0.4 is 15.8 Å². The Kier molecular flexibility index (Phi) is 7.56. The van der Waals surface area contributed by atoms with Gasteiger partial charge < -0.3 is 19.1 Å². The van der Waals surface area contributed by atoms with Crippen LogP contribution in [0.4, 0.5) is 0 Å². The molecule has 1 saturated carbocycles. The van der Waals surface area contributed by atoms with Gasteiger partial charge in [0.2, 0.25) is 0 Å². The van der Waals surface area contributed by atoms with Crippen LogP contribution in [0.3, 0.4) is 0 Å². The minimum atomic E-state index is -3.91. The van der Waals surface area contributed by atoms with Crippen LogP contribution in [0.15, 0.2) is 52.2 Å². The predicted octanol–water partition coefficient (Wildman–Crippen LogP) is 2.45. The molecule has 1 spiro atoms. The first-order chi connectivity index (χ1) is 17.0. The van der Waals surface area contributed by atoms with Gasteiger partial charge in [0.1, 0.15) is 18.1 Å². The Bertz CT molecular complexity index is 1240. The molecular formula is C24H31N2O9P. The Balaban J connectivity index is 1.51. The van der Waals surface area contributed by atoms with Gasteiger partial charge >= 0.3 is 19.3 Å². The van der Waals surface area contributed by atoms with E-state index in [1.54, 1.807) is 51.1 Å². The van der Waals surface area contributed by atoms with E-state index >= 15 is 0 Å². The third-order valence-corrected chi connectivity index (χ3v) is 8.37. The Labute approximate surface area is 207 Å². The van der Waals surface area contributed by atoms with E-state index in [0.717, 1.165) is 0 Å². The molecule has 1 aromatic heterocycles. The number of nitrogens with one attached hydrogen (secondary N) is 1. The molecule has 2 fully saturated rings. The van der Waals surface area contributed by atoms with Gasteiger partial charge in [-0.2, -0.15) is 0 Å². The number of carbonyl (C=O) groups is 1. The van der Waals surface area contributed by atoms with Gasteiger partial charge in [-0.1, -0.05) is 25.1 Å². The highest BCUT2D eigenvalue weighted by Crippen LogP contribution is 2.62. The normalized spacial score (nSPS) is 24.9. The second kappa shape index (κ2) is 10.3. The molecule has 4 rings (SSSR count). The van der Waals surface area contributed by atoms with E-state index < -0.39 is 54.6 Å². The summed E-state index contributed by atoms with van der Waals surface area (Å²) < 4.78 is 37.7. The number of aromatic amines is 1. The van der Waals surface area contributed by atoms with E-state index in [4.69, 9.17) is 18.5 Å². The predicted molar refractivity (Wildman–Crippen MR) is 129 cm³/mol.